The maximum absolute atomic E-state index is 12.7. The molecule has 3 nitrogen and oxygen atoms in total. The highest BCUT2D eigenvalue weighted by molar-refractivity contribution is 9.10. The fraction of sp³-hybridized carbons (Fsp3) is 0.0833. The zero-order valence-corrected chi connectivity index (χ0v) is 12.7. The van der Waals surface area contributed by atoms with Gasteiger partial charge in [-0.05, 0) is 51.6 Å². The molecule has 0 bridgehead atoms. The lowest BCUT2D eigenvalue weighted by molar-refractivity contribution is 0.102. The number of carbonyl (C=O) groups excluding carboxylic acids is 1. The highest BCUT2D eigenvalue weighted by Gasteiger charge is 2.22. The molecule has 1 heterocycles. The van der Waals surface area contributed by atoms with Crippen LogP contribution in [0.1, 0.15) is 9.67 Å². The largest absolute Gasteiger partial charge is 0.292 e. The first-order valence-corrected chi connectivity index (χ1v) is 8.47. The molecule has 0 fully saturated rings. The molecule has 19 heavy (non-hydrogen) atoms. The van der Waals surface area contributed by atoms with Gasteiger partial charge in [-0.2, -0.15) is 0 Å². The quantitative estimate of drug-likeness (QED) is 0.619. The maximum atomic E-state index is 12.7. The molecule has 1 aromatic heterocycles. The molecule has 0 spiro atoms. The van der Waals surface area contributed by atoms with Gasteiger partial charge in [-0.1, -0.05) is 0 Å². The molecule has 0 saturated heterocycles. The van der Waals surface area contributed by atoms with Gasteiger partial charge in [0.25, 0.3) is 0 Å². The van der Waals surface area contributed by atoms with Gasteiger partial charge in [0.2, 0.25) is 0 Å². The molecule has 0 aliphatic rings. The third kappa shape index (κ3) is 3.29. The Kier molecular flexibility index (Phi) is 4.17. The number of Topliss-reactive ketones (excluding diaryl/α,β-unsaturated/α-hetero) is 1. The fourth-order valence-corrected chi connectivity index (χ4v) is 4.29. The number of hydrogen-bond donors (Lipinski definition) is 0. The van der Waals surface area contributed by atoms with E-state index in [-0.39, 0.29) is 4.90 Å². The Balaban J connectivity index is 2.25. The van der Waals surface area contributed by atoms with Gasteiger partial charge in [0.05, 0.1) is 9.77 Å². The first-order valence-electron chi connectivity index (χ1n) is 5.14. The Morgan fingerprint density at radius 3 is 2.37 bits per heavy atom. The van der Waals surface area contributed by atoms with Crippen molar-refractivity contribution in [2.24, 2.45) is 0 Å². The van der Waals surface area contributed by atoms with Crippen LogP contribution >= 0.6 is 27.3 Å². The third-order valence-corrected chi connectivity index (χ3v) is 5.88. The number of hydrogen-bond acceptors (Lipinski definition) is 4. The van der Waals surface area contributed by atoms with Gasteiger partial charge in [0, 0.05) is 4.47 Å². The molecule has 0 aliphatic carbocycles. The molecule has 0 N–H and O–H groups in total. The first kappa shape index (κ1) is 14.4. The Labute approximate surface area is 122 Å². The number of thiophene rings is 1. The number of rotatable bonds is 4. The molecule has 0 aliphatic heterocycles. The van der Waals surface area contributed by atoms with E-state index < -0.39 is 27.2 Å². The van der Waals surface area contributed by atoms with E-state index in [1.165, 1.54) is 11.3 Å². The Morgan fingerprint density at radius 2 is 1.84 bits per heavy atom. The summed E-state index contributed by atoms with van der Waals surface area (Å²) in [6.07, 6.45) is 0. The zero-order valence-electron chi connectivity index (χ0n) is 9.47. The van der Waals surface area contributed by atoms with E-state index in [1.807, 2.05) is 0 Å². The van der Waals surface area contributed by atoms with Crippen LogP contribution in [0.3, 0.4) is 0 Å². The molecule has 2 rings (SSSR count). The summed E-state index contributed by atoms with van der Waals surface area (Å²) in [5, 5.41) is 1.70. The molecule has 0 saturated carbocycles. The molecule has 0 atom stereocenters. The van der Waals surface area contributed by atoms with Gasteiger partial charge in [-0.25, -0.2) is 12.8 Å². The maximum Gasteiger partial charge on any atom is 0.189 e. The van der Waals surface area contributed by atoms with E-state index in [4.69, 9.17) is 0 Å². The van der Waals surface area contributed by atoms with Crippen LogP contribution in [-0.2, 0) is 9.84 Å². The monoisotopic (exact) mass is 362 g/mol. The number of ketones is 1. The van der Waals surface area contributed by atoms with E-state index >= 15 is 0 Å². The summed E-state index contributed by atoms with van der Waals surface area (Å²) < 4.78 is 37.3. The van der Waals surface area contributed by atoms with E-state index in [0.717, 1.165) is 24.3 Å². The van der Waals surface area contributed by atoms with Crippen molar-refractivity contribution in [1.82, 2.24) is 0 Å². The summed E-state index contributed by atoms with van der Waals surface area (Å²) in [5.41, 5.74) is 0. The lowest BCUT2D eigenvalue weighted by Gasteiger charge is -2.03. The van der Waals surface area contributed by atoms with Crippen LogP contribution in [0.15, 0.2) is 45.1 Å². The van der Waals surface area contributed by atoms with E-state index in [1.54, 1.807) is 11.4 Å². The van der Waals surface area contributed by atoms with Crippen LogP contribution in [0, 0.1) is 5.82 Å². The van der Waals surface area contributed by atoms with Crippen LogP contribution < -0.4 is 0 Å². The Bertz CT molecular complexity index is 705. The third-order valence-electron chi connectivity index (χ3n) is 2.36. The second-order valence-corrected chi connectivity index (χ2v) is 7.49. The van der Waals surface area contributed by atoms with Gasteiger partial charge in [-0.3, -0.25) is 4.79 Å². The van der Waals surface area contributed by atoms with Gasteiger partial charge in [0.15, 0.2) is 15.6 Å². The van der Waals surface area contributed by atoms with Crippen molar-refractivity contribution in [2.45, 2.75) is 4.90 Å². The van der Waals surface area contributed by atoms with Gasteiger partial charge in [-0.15, -0.1) is 11.3 Å². The standard InChI is InChI=1S/C12H8BrFO3S2/c13-10-5-6-18-12(10)11(15)7-19(16,17)9-3-1-8(14)2-4-9/h1-6H,7H2. The summed E-state index contributed by atoms with van der Waals surface area (Å²) >= 11 is 4.36. The van der Waals surface area contributed by atoms with Crippen molar-refractivity contribution in [3.63, 3.8) is 0 Å². The van der Waals surface area contributed by atoms with Gasteiger partial charge >= 0.3 is 0 Å². The first-order chi connectivity index (χ1) is 8.90. The normalized spacial score (nSPS) is 11.5. The predicted octanol–water partition coefficient (Wildman–Crippen LogP) is 3.31. The van der Waals surface area contributed by atoms with E-state index in [0.29, 0.717) is 9.35 Å². The molecular formula is C12H8BrFO3S2. The fourth-order valence-electron chi connectivity index (χ4n) is 1.46. The Hall–Kier alpha value is -1.05. The van der Waals surface area contributed by atoms with Crippen LogP contribution in [0.2, 0.25) is 0 Å². The summed E-state index contributed by atoms with van der Waals surface area (Å²) in [6.45, 7) is 0. The second-order valence-electron chi connectivity index (χ2n) is 3.73. The molecule has 2 aromatic rings. The van der Waals surface area contributed by atoms with Crippen LogP contribution in [0.5, 0.6) is 0 Å². The number of halogens is 2. The minimum Gasteiger partial charge on any atom is -0.292 e. The summed E-state index contributed by atoms with van der Waals surface area (Å²) in [5.74, 6) is -1.63. The minimum atomic E-state index is -3.75. The topological polar surface area (TPSA) is 51.2 Å². The van der Waals surface area contributed by atoms with Crippen LogP contribution in [0.25, 0.3) is 0 Å². The molecule has 0 amide bonds. The van der Waals surface area contributed by atoms with Gasteiger partial charge in [0.1, 0.15) is 11.6 Å². The SMILES string of the molecule is O=C(CS(=O)(=O)c1ccc(F)cc1)c1sccc1Br. The van der Waals surface area contributed by atoms with Crippen molar-refractivity contribution in [3.05, 3.63) is 50.9 Å². The average molecular weight is 363 g/mol. The second kappa shape index (κ2) is 5.52. The van der Waals surface area contributed by atoms with Crippen molar-refractivity contribution >= 4 is 42.9 Å². The van der Waals surface area contributed by atoms with Crippen LogP contribution in [-0.4, -0.2) is 20.0 Å². The van der Waals surface area contributed by atoms with E-state index in [9.17, 15) is 17.6 Å². The summed E-state index contributed by atoms with van der Waals surface area (Å²) in [4.78, 5) is 12.2. The average Bonchev–Trinajstić information content (AvgIpc) is 2.75. The molecule has 0 radical (unpaired) electrons. The lowest BCUT2D eigenvalue weighted by atomic mass is 10.3. The number of carbonyl (C=O) groups is 1. The predicted molar refractivity (Wildman–Crippen MR) is 74.8 cm³/mol. The van der Waals surface area contributed by atoms with Crippen LogP contribution in [0.4, 0.5) is 4.39 Å². The minimum absolute atomic E-state index is 0.0603. The van der Waals surface area contributed by atoms with E-state index in [2.05, 4.69) is 15.9 Å². The lowest BCUT2D eigenvalue weighted by Crippen LogP contribution is -2.15. The smallest absolute Gasteiger partial charge is 0.189 e. The van der Waals surface area contributed by atoms with Gasteiger partial charge < -0.3 is 0 Å². The molecule has 1 aromatic carbocycles. The summed E-state index contributed by atoms with van der Waals surface area (Å²) in [6, 6.07) is 6.10. The molecule has 100 valence electrons. The number of sulfone groups is 1. The zero-order chi connectivity index (χ0) is 14.0. The van der Waals surface area contributed by atoms with Crippen molar-refractivity contribution < 1.29 is 17.6 Å². The summed E-state index contributed by atoms with van der Waals surface area (Å²) in [7, 11) is -3.75. The Morgan fingerprint density at radius 1 is 1.21 bits per heavy atom. The molecular weight excluding hydrogens is 355 g/mol. The number of benzene rings is 1. The molecule has 0 unspecified atom stereocenters. The van der Waals surface area contributed by atoms with Crippen molar-refractivity contribution in [1.29, 1.82) is 0 Å². The molecule has 7 heteroatoms. The highest BCUT2D eigenvalue weighted by Crippen LogP contribution is 2.24. The van der Waals surface area contributed by atoms with Crippen molar-refractivity contribution in [3.8, 4) is 0 Å². The highest BCUT2D eigenvalue weighted by atomic mass is 79.9. The van der Waals surface area contributed by atoms with Crippen molar-refractivity contribution in [2.75, 3.05) is 5.75 Å².